The molecule has 5 nitrogen and oxygen atoms in total. The summed E-state index contributed by atoms with van der Waals surface area (Å²) in [6.45, 7) is 0.613. The Bertz CT molecular complexity index is 586. The first-order valence-corrected chi connectivity index (χ1v) is 7.69. The smallest absolute Gasteiger partial charge is 0.341 e. The normalized spacial score (nSPS) is 24.3. The molecular weight excluding hydrogens is 270 g/mol. The second-order valence-corrected chi connectivity index (χ2v) is 6.25. The van der Waals surface area contributed by atoms with Crippen LogP contribution in [0.5, 0.6) is 0 Å². The van der Waals surface area contributed by atoms with E-state index < -0.39 is 11.4 Å². The molecule has 0 aromatic carbocycles. The van der Waals surface area contributed by atoms with Gasteiger partial charge in [0.15, 0.2) is 5.43 Å². The molecule has 3 rings (SSSR count). The van der Waals surface area contributed by atoms with E-state index in [0.29, 0.717) is 6.54 Å². The zero-order valence-electron chi connectivity index (χ0n) is 12.1. The molecule has 5 heteroatoms. The summed E-state index contributed by atoms with van der Waals surface area (Å²) in [4.78, 5) is 22.5. The quantitative estimate of drug-likeness (QED) is 0.928. The van der Waals surface area contributed by atoms with E-state index in [1.165, 1.54) is 31.5 Å². The van der Waals surface area contributed by atoms with Crippen molar-refractivity contribution in [3.63, 3.8) is 0 Å². The Morgan fingerprint density at radius 1 is 1.33 bits per heavy atom. The van der Waals surface area contributed by atoms with E-state index in [4.69, 9.17) is 9.84 Å². The molecule has 21 heavy (non-hydrogen) atoms. The average molecular weight is 291 g/mol. The topological polar surface area (TPSA) is 68.5 Å². The maximum atomic E-state index is 11.5. The van der Waals surface area contributed by atoms with Crippen LogP contribution < -0.4 is 5.43 Å². The standard InChI is InChI=1S/C16H21NO4/c18-14-5-9-17(11-13(14)15(19)20)10-12-4-8-16(21-12)6-2-1-3-7-16/h5,9,11-12H,1-4,6-8,10H2,(H,19,20). The lowest BCUT2D eigenvalue weighted by Gasteiger charge is -2.33. The summed E-state index contributed by atoms with van der Waals surface area (Å²) in [6.07, 6.45) is 11.4. The van der Waals surface area contributed by atoms with Gasteiger partial charge in [-0.2, -0.15) is 0 Å². The van der Waals surface area contributed by atoms with E-state index in [9.17, 15) is 9.59 Å². The van der Waals surface area contributed by atoms with Gasteiger partial charge in [0.05, 0.1) is 11.7 Å². The summed E-state index contributed by atoms with van der Waals surface area (Å²) < 4.78 is 8.04. The van der Waals surface area contributed by atoms with Crippen LogP contribution in [0.1, 0.15) is 55.3 Å². The maximum Gasteiger partial charge on any atom is 0.341 e. The van der Waals surface area contributed by atoms with Gasteiger partial charge in [-0.3, -0.25) is 4.79 Å². The summed E-state index contributed by atoms with van der Waals surface area (Å²) in [5.41, 5.74) is -0.560. The van der Waals surface area contributed by atoms with Gasteiger partial charge in [0.25, 0.3) is 0 Å². The summed E-state index contributed by atoms with van der Waals surface area (Å²) in [5, 5.41) is 9.01. The van der Waals surface area contributed by atoms with Crippen molar-refractivity contribution in [1.29, 1.82) is 0 Å². The first-order chi connectivity index (χ1) is 10.1. The third-order valence-electron chi connectivity index (χ3n) is 4.73. The SMILES string of the molecule is O=C(O)c1cn(CC2CCC3(CCCCC3)O2)ccc1=O. The zero-order chi connectivity index (χ0) is 14.9. The second kappa shape index (κ2) is 5.64. The third kappa shape index (κ3) is 3.02. The molecule has 1 aromatic rings. The summed E-state index contributed by atoms with van der Waals surface area (Å²) in [7, 11) is 0. The monoisotopic (exact) mass is 291 g/mol. The van der Waals surface area contributed by atoms with Crippen molar-refractivity contribution < 1.29 is 14.6 Å². The Kier molecular flexibility index (Phi) is 3.85. The molecule has 1 saturated heterocycles. The van der Waals surface area contributed by atoms with Gasteiger partial charge in [-0.25, -0.2) is 4.79 Å². The molecule has 1 atom stereocenters. The lowest BCUT2D eigenvalue weighted by molar-refractivity contribution is -0.0680. The zero-order valence-corrected chi connectivity index (χ0v) is 12.1. The van der Waals surface area contributed by atoms with Gasteiger partial charge in [0, 0.05) is 25.0 Å². The fraction of sp³-hybridized carbons (Fsp3) is 0.625. The molecule has 0 bridgehead atoms. The Balaban J connectivity index is 1.69. The Morgan fingerprint density at radius 3 is 2.81 bits per heavy atom. The highest BCUT2D eigenvalue weighted by Gasteiger charge is 2.40. The van der Waals surface area contributed by atoms with Crippen molar-refractivity contribution in [3.05, 3.63) is 34.2 Å². The van der Waals surface area contributed by atoms with Gasteiger partial charge in [-0.15, -0.1) is 0 Å². The molecule has 1 spiro atoms. The minimum Gasteiger partial charge on any atom is -0.477 e. The van der Waals surface area contributed by atoms with Crippen LogP contribution in [0.15, 0.2) is 23.3 Å². The van der Waals surface area contributed by atoms with Crippen molar-refractivity contribution in [2.75, 3.05) is 0 Å². The average Bonchev–Trinajstić information content (AvgIpc) is 2.84. The van der Waals surface area contributed by atoms with Gasteiger partial charge >= 0.3 is 5.97 Å². The van der Waals surface area contributed by atoms with Crippen LogP contribution in [-0.2, 0) is 11.3 Å². The lowest BCUT2D eigenvalue weighted by Crippen LogP contribution is -2.32. The number of hydrogen-bond donors (Lipinski definition) is 1. The van der Waals surface area contributed by atoms with E-state index in [-0.39, 0.29) is 17.3 Å². The fourth-order valence-electron chi connectivity index (χ4n) is 3.62. The van der Waals surface area contributed by atoms with Gasteiger partial charge in [0.1, 0.15) is 5.56 Å². The van der Waals surface area contributed by atoms with Crippen LogP contribution in [0.2, 0.25) is 0 Å². The van der Waals surface area contributed by atoms with E-state index in [0.717, 1.165) is 25.7 Å². The minimum absolute atomic E-state index is 0.0670. The van der Waals surface area contributed by atoms with Gasteiger partial charge < -0.3 is 14.4 Å². The Labute approximate surface area is 123 Å². The van der Waals surface area contributed by atoms with Crippen LogP contribution in [0.25, 0.3) is 0 Å². The van der Waals surface area contributed by atoms with Crippen molar-refractivity contribution in [3.8, 4) is 0 Å². The van der Waals surface area contributed by atoms with Crippen molar-refractivity contribution >= 4 is 5.97 Å². The maximum absolute atomic E-state index is 11.5. The number of ether oxygens (including phenoxy) is 1. The molecule has 1 saturated carbocycles. The fourth-order valence-corrected chi connectivity index (χ4v) is 3.62. The molecule has 114 valence electrons. The van der Waals surface area contributed by atoms with Crippen LogP contribution in [0, 0.1) is 0 Å². The molecule has 1 aliphatic heterocycles. The van der Waals surface area contributed by atoms with E-state index >= 15 is 0 Å². The number of nitrogens with zero attached hydrogens (tertiary/aromatic N) is 1. The molecule has 0 radical (unpaired) electrons. The van der Waals surface area contributed by atoms with Gasteiger partial charge in [-0.05, 0) is 25.7 Å². The third-order valence-corrected chi connectivity index (χ3v) is 4.73. The van der Waals surface area contributed by atoms with Crippen LogP contribution in [0.3, 0.4) is 0 Å². The number of aromatic carboxylic acids is 1. The molecule has 2 heterocycles. The molecule has 2 aliphatic rings. The highest BCUT2D eigenvalue weighted by molar-refractivity contribution is 5.86. The first-order valence-electron chi connectivity index (χ1n) is 7.69. The van der Waals surface area contributed by atoms with Crippen molar-refractivity contribution in [2.24, 2.45) is 0 Å². The summed E-state index contributed by atoms with van der Waals surface area (Å²) >= 11 is 0. The number of hydrogen-bond acceptors (Lipinski definition) is 3. The van der Waals surface area contributed by atoms with Crippen molar-refractivity contribution in [2.45, 2.75) is 63.2 Å². The lowest BCUT2D eigenvalue weighted by atomic mass is 9.83. The predicted octanol–water partition coefficient (Wildman–Crippen LogP) is 2.43. The van der Waals surface area contributed by atoms with E-state index in [1.807, 2.05) is 0 Å². The number of rotatable bonds is 3. The molecule has 1 aliphatic carbocycles. The highest BCUT2D eigenvalue weighted by Crippen LogP contribution is 2.42. The Hall–Kier alpha value is -1.62. The molecule has 1 aromatic heterocycles. The second-order valence-electron chi connectivity index (χ2n) is 6.25. The molecule has 1 unspecified atom stereocenters. The van der Waals surface area contributed by atoms with Crippen LogP contribution in [0.4, 0.5) is 0 Å². The highest BCUT2D eigenvalue weighted by atomic mass is 16.5. The Morgan fingerprint density at radius 2 is 2.10 bits per heavy atom. The number of pyridine rings is 1. The van der Waals surface area contributed by atoms with E-state index in [2.05, 4.69) is 0 Å². The van der Waals surface area contributed by atoms with Crippen LogP contribution in [-0.4, -0.2) is 27.3 Å². The minimum atomic E-state index is -1.18. The van der Waals surface area contributed by atoms with Crippen LogP contribution >= 0.6 is 0 Å². The summed E-state index contributed by atoms with van der Waals surface area (Å²) in [6, 6.07) is 1.31. The number of aromatic nitrogens is 1. The molecule has 1 N–H and O–H groups in total. The molecule has 2 fully saturated rings. The van der Waals surface area contributed by atoms with E-state index in [1.54, 1.807) is 10.8 Å². The molecule has 0 amide bonds. The number of carboxylic acid groups (broad SMARTS) is 1. The number of carboxylic acids is 1. The first kappa shape index (κ1) is 14.3. The largest absolute Gasteiger partial charge is 0.477 e. The summed E-state index contributed by atoms with van der Waals surface area (Å²) in [5.74, 6) is -1.18. The van der Waals surface area contributed by atoms with Gasteiger partial charge in [-0.1, -0.05) is 19.3 Å². The van der Waals surface area contributed by atoms with Crippen molar-refractivity contribution in [1.82, 2.24) is 4.57 Å². The number of carbonyl (C=O) groups is 1. The predicted molar refractivity (Wildman–Crippen MR) is 77.6 cm³/mol. The van der Waals surface area contributed by atoms with Gasteiger partial charge in [0.2, 0.25) is 0 Å². The molecular formula is C16H21NO4.